The maximum Gasteiger partial charge on any atom is 0.296 e. The first-order chi connectivity index (χ1) is 18.2. The molecule has 198 valence electrons. The van der Waals surface area contributed by atoms with Crippen LogP contribution in [0.5, 0.6) is 5.88 Å². The summed E-state index contributed by atoms with van der Waals surface area (Å²) in [6.07, 6.45) is 4.90. The zero-order valence-electron chi connectivity index (χ0n) is 20.9. The summed E-state index contributed by atoms with van der Waals surface area (Å²) in [5.41, 5.74) is 0.727. The summed E-state index contributed by atoms with van der Waals surface area (Å²) in [7, 11) is -4.46. The molecule has 0 aliphatic rings. The van der Waals surface area contributed by atoms with Crippen LogP contribution in [0.2, 0.25) is 5.02 Å². The Hall–Kier alpha value is -3.56. The average molecular weight is 556 g/mol. The second kappa shape index (κ2) is 11.4. The molecule has 0 spiro atoms. The largest absolute Gasteiger partial charge is 0.493 e. The molecule has 2 heterocycles. The Kier molecular flexibility index (Phi) is 8.28. The van der Waals surface area contributed by atoms with E-state index in [2.05, 4.69) is 9.97 Å². The normalized spacial score (nSPS) is 12.4. The van der Waals surface area contributed by atoms with Gasteiger partial charge in [-0.1, -0.05) is 56.1 Å². The lowest BCUT2D eigenvalue weighted by molar-refractivity contribution is 0.358. The van der Waals surface area contributed by atoms with Gasteiger partial charge in [-0.2, -0.15) is 4.98 Å². The second-order valence-corrected chi connectivity index (χ2v) is 11.2. The van der Waals surface area contributed by atoms with Crippen molar-refractivity contribution in [3.05, 3.63) is 99.6 Å². The molecule has 4 aromatic rings. The molecule has 0 fully saturated rings. The van der Waals surface area contributed by atoms with Crippen LogP contribution in [0.3, 0.4) is 0 Å². The minimum absolute atomic E-state index is 0.205. The lowest BCUT2D eigenvalue weighted by atomic mass is 10.0. The van der Waals surface area contributed by atoms with E-state index in [-0.39, 0.29) is 4.90 Å². The number of aromatic hydroxyl groups is 1. The minimum Gasteiger partial charge on any atom is -0.493 e. The summed E-state index contributed by atoms with van der Waals surface area (Å²) in [4.78, 5) is 20.0. The lowest BCUT2D eigenvalue weighted by Gasteiger charge is -2.25. The summed E-state index contributed by atoms with van der Waals surface area (Å²) in [6.45, 7) is 3.87. The van der Waals surface area contributed by atoms with E-state index >= 15 is 0 Å². The molecule has 1 N–H and O–H groups in total. The minimum atomic E-state index is -4.46. The first-order valence-corrected chi connectivity index (χ1v) is 14.1. The third-order valence-electron chi connectivity index (χ3n) is 6.29. The van der Waals surface area contributed by atoms with Gasteiger partial charge in [0, 0.05) is 23.2 Å². The quantitative estimate of drug-likeness (QED) is 0.273. The van der Waals surface area contributed by atoms with Gasteiger partial charge in [-0.05, 0) is 54.3 Å². The number of rotatable bonds is 9. The molecule has 0 aliphatic heterocycles. The van der Waals surface area contributed by atoms with Crippen molar-refractivity contribution in [2.75, 3.05) is 0 Å². The standard InChI is InChI=1S/C28H27ClFN3O4S/c1-3-5-9-25-32-27(34)26(28(35)33(25)24(4-2)19-7-6-8-21(29)14-19)38(36,37)23-12-10-18(11-13-23)20-15-22(30)17-31-16-20/h6-8,10-17,24,35H,3-5,9H2,1-2H3/t24-/m0/s1. The molecule has 0 radical (unpaired) electrons. The topological polar surface area (TPSA) is 102 Å². The van der Waals surface area contributed by atoms with Crippen molar-refractivity contribution < 1.29 is 17.9 Å². The summed E-state index contributed by atoms with van der Waals surface area (Å²) in [5.74, 6) is -0.889. The van der Waals surface area contributed by atoms with Crippen LogP contribution >= 0.6 is 11.6 Å². The van der Waals surface area contributed by atoms with Crippen LogP contribution in [0.1, 0.15) is 50.5 Å². The number of hydrogen-bond acceptors (Lipinski definition) is 6. The number of sulfone groups is 1. The molecule has 10 heteroatoms. The van der Waals surface area contributed by atoms with Crippen molar-refractivity contribution in [3.8, 4) is 17.0 Å². The summed E-state index contributed by atoms with van der Waals surface area (Å²) in [6, 6.07) is 13.4. The molecule has 1 atom stereocenters. The molecule has 0 saturated carbocycles. The number of aryl methyl sites for hydroxylation is 1. The molecule has 0 saturated heterocycles. The van der Waals surface area contributed by atoms with Gasteiger partial charge >= 0.3 is 0 Å². The van der Waals surface area contributed by atoms with Crippen molar-refractivity contribution in [2.24, 2.45) is 0 Å². The van der Waals surface area contributed by atoms with Crippen LogP contribution in [0, 0.1) is 5.82 Å². The molecule has 0 bridgehead atoms. The van der Waals surface area contributed by atoms with Gasteiger partial charge in [-0.25, -0.2) is 12.8 Å². The fourth-order valence-electron chi connectivity index (χ4n) is 4.42. The molecule has 38 heavy (non-hydrogen) atoms. The predicted octanol–water partition coefficient (Wildman–Crippen LogP) is 5.98. The van der Waals surface area contributed by atoms with Crippen LogP contribution < -0.4 is 5.56 Å². The molecular formula is C28H27ClFN3O4S. The fraction of sp³-hybridized carbons (Fsp3) is 0.250. The fourth-order valence-corrected chi connectivity index (χ4v) is 5.96. The van der Waals surface area contributed by atoms with Gasteiger partial charge in [-0.15, -0.1) is 0 Å². The van der Waals surface area contributed by atoms with Gasteiger partial charge in [0.2, 0.25) is 15.7 Å². The smallest absolute Gasteiger partial charge is 0.296 e. The Morgan fingerprint density at radius 3 is 2.42 bits per heavy atom. The number of aromatic nitrogens is 3. The van der Waals surface area contributed by atoms with Crippen molar-refractivity contribution >= 4 is 21.4 Å². The van der Waals surface area contributed by atoms with Crippen LogP contribution in [-0.4, -0.2) is 28.1 Å². The maximum absolute atomic E-state index is 13.6. The number of hydrogen-bond donors (Lipinski definition) is 1. The van der Waals surface area contributed by atoms with E-state index < -0.39 is 38.0 Å². The maximum atomic E-state index is 13.6. The Bertz CT molecular complexity index is 1620. The van der Waals surface area contributed by atoms with E-state index in [1.54, 1.807) is 18.2 Å². The highest BCUT2D eigenvalue weighted by Gasteiger charge is 2.31. The highest BCUT2D eigenvalue weighted by atomic mass is 35.5. The third-order valence-corrected chi connectivity index (χ3v) is 8.31. The summed E-state index contributed by atoms with van der Waals surface area (Å²) >= 11 is 6.21. The Labute approximate surface area is 225 Å². The zero-order chi connectivity index (χ0) is 27.4. The molecule has 0 aliphatic carbocycles. The molecular weight excluding hydrogens is 529 g/mol. The van der Waals surface area contributed by atoms with Gasteiger partial charge in [0.05, 0.1) is 17.1 Å². The molecule has 0 amide bonds. The number of halogens is 2. The molecule has 0 unspecified atom stereocenters. The monoisotopic (exact) mass is 555 g/mol. The lowest BCUT2D eigenvalue weighted by Crippen LogP contribution is -2.27. The van der Waals surface area contributed by atoms with Gasteiger partial charge in [0.15, 0.2) is 4.90 Å². The highest BCUT2D eigenvalue weighted by molar-refractivity contribution is 7.91. The zero-order valence-corrected chi connectivity index (χ0v) is 22.5. The first-order valence-electron chi connectivity index (χ1n) is 12.2. The van der Waals surface area contributed by atoms with Crippen molar-refractivity contribution in [1.29, 1.82) is 0 Å². The van der Waals surface area contributed by atoms with Crippen LogP contribution in [-0.2, 0) is 16.3 Å². The predicted molar refractivity (Wildman–Crippen MR) is 144 cm³/mol. The van der Waals surface area contributed by atoms with E-state index in [4.69, 9.17) is 11.6 Å². The number of benzene rings is 2. The highest BCUT2D eigenvalue weighted by Crippen LogP contribution is 2.34. The van der Waals surface area contributed by atoms with Gasteiger partial charge in [-0.3, -0.25) is 14.3 Å². The average Bonchev–Trinajstić information content (AvgIpc) is 2.89. The van der Waals surface area contributed by atoms with E-state index in [1.807, 2.05) is 19.9 Å². The van der Waals surface area contributed by atoms with Crippen molar-refractivity contribution in [2.45, 2.75) is 55.4 Å². The van der Waals surface area contributed by atoms with E-state index in [0.29, 0.717) is 41.2 Å². The van der Waals surface area contributed by atoms with Gasteiger partial charge in [0.1, 0.15) is 11.6 Å². The Morgan fingerprint density at radius 1 is 1.05 bits per heavy atom. The van der Waals surface area contributed by atoms with Crippen LogP contribution in [0.4, 0.5) is 4.39 Å². The second-order valence-electron chi connectivity index (χ2n) is 8.86. The Morgan fingerprint density at radius 2 is 1.79 bits per heavy atom. The summed E-state index contributed by atoms with van der Waals surface area (Å²) in [5, 5.41) is 11.9. The van der Waals surface area contributed by atoms with Crippen LogP contribution in [0.25, 0.3) is 11.1 Å². The van der Waals surface area contributed by atoms with Gasteiger partial charge < -0.3 is 5.11 Å². The Balaban J connectivity index is 1.86. The van der Waals surface area contributed by atoms with E-state index in [1.165, 1.54) is 41.1 Å². The number of unbranched alkanes of at least 4 members (excludes halogenated alkanes) is 1. The molecule has 4 rings (SSSR count). The third kappa shape index (κ3) is 5.49. The van der Waals surface area contributed by atoms with Crippen molar-refractivity contribution in [3.63, 3.8) is 0 Å². The molecule has 2 aromatic heterocycles. The summed E-state index contributed by atoms with van der Waals surface area (Å²) < 4.78 is 42.3. The first kappa shape index (κ1) is 27.5. The van der Waals surface area contributed by atoms with Crippen molar-refractivity contribution in [1.82, 2.24) is 14.5 Å². The SMILES string of the molecule is CCCCc1nc(=O)c(S(=O)(=O)c2ccc(-c3cncc(F)c3)cc2)c(O)n1[C@@H](CC)c1cccc(Cl)c1. The van der Waals surface area contributed by atoms with E-state index in [9.17, 15) is 22.7 Å². The molecule has 2 aromatic carbocycles. The van der Waals surface area contributed by atoms with E-state index in [0.717, 1.165) is 18.2 Å². The molecule has 7 nitrogen and oxygen atoms in total. The van der Waals surface area contributed by atoms with Gasteiger partial charge in [0.25, 0.3) is 5.56 Å². The number of nitrogens with zero attached hydrogens (tertiary/aromatic N) is 3. The number of pyridine rings is 1. The van der Waals surface area contributed by atoms with Crippen LogP contribution in [0.15, 0.2) is 81.6 Å².